The third kappa shape index (κ3) is 8.74. The van der Waals surface area contributed by atoms with E-state index in [9.17, 15) is 0 Å². The molecule has 0 saturated carbocycles. The van der Waals surface area contributed by atoms with Crippen molar-refractivity contribution in [2.75, 3.05) is 0 Å². The Balaban J connectivity index is 2.90. The summed E-state index contributed by atoms with van der Waals surface area (Å²) in [6.45, 7) is 4.90. The highest BCUT2D eigenvalue weighted by molar-refractivity contribution is 7.31. The Kier molecular flexibility index (Phi) is 10.3. The highest BCUT2D eigenvalue weighted by atomic mass is 29.5. The lowest BCUT2D eigenvalue weighted by Gasteiger charge is -2.05. The van der Waals surface area contributed by atoms with E-state index in [0.29, 0.717) is 8.55 Å². The average molecular weight is 219 g/mol. The molecule has 0 N–H and O–H groups in total. The smallest absolute Gasteiger partial charge is 0.0176 e. The normalized spacial score (nSPS) is 14.5. The second-order valence-electron chi connectivity index (χ2n) is 4.07. The predicted molar refractivity (Wildman–Crippen MR) is 69.7 cm³/mol. The Labute approximate surface area is 85.0 Å². The van der Waals surface area contributed by atoms with Crippen molar-refractivity contribution in [3.63, 3.8) is 0 Å². The molecular formula is C9H26Si3. The van der Waals surface area contributed by atoms with Crippen molar-refractivity contribution < 1.29 is 0 Å². The van der Waals surface area contributed by atoms with Crippen LogP contribution in [-0.2, 0) is 0 Å². The van der Waals surface area contributed by atoms with Gasteiger partial charge in [-0.15, -0.1) is 0 Å². The summed E-state index contributed by atoms with van der Waals surface area (Å²) >= 11 is 0. The first kappa shape index (κ1) is 12.7. The van der Waals surface area contributed by atoms with Gasteiger partial charge in [0.25, 0.3) is 0 Å². The van der Waals surface area contributed by atoms with Gasteiger partial charge < -0.3 is 0 Å². The summed E-state index contributed by atoms with van der Waals surface area (Å²) in [6, 6.07) is 1.68. The molecule has 0 heterocycles. The fourth-order valence-electron chi connectivity index (χ4n) is 1.48. The molecule has 0 radical (unpaired) electrons. The van der Waals surface area contributed by atoms with E-state index in [4.69, 9.17) is 0 Å². The molecular weight excluding hydrogens is 192 g/mol. The SMILES string of the molecule is CCCCCCCC[SiH](C)[SiH2][SiH3]. The quantitative estimate of drug-likeness (QED) is 0.424. The number of hydrogen-bond donors (Lipinski definition) is 0. The molecule has 0 bridgehead atoms. The number of rotatable bonds is 8. The fourth-order valence-corrected chi connectivity index (χ4v) is 8.64. The van der Waals surface area contributed by atoms with Gasteiger partial charge in [-0.2, -0.15) is 0 Å². The lowest BCUT2D eigenvalue weighted by atomic mass is 10.1. The molecule has 3 heteroatoms. The zero-order valence-corrected chi connectivity index (χ0v) is 13.8. The summed E-state index contributed by atoms with van der Waals surface area (Å²) < 4.78 is 0. The van der Waals surface area contributed by atoms with Gasteiger partial charge in [-0.1, -0.05) is 58.0 Å². The van der Waals surface area contributed by atoms with Crippen molar-refractivity contribution in [2.45, 2.75) is 58.0 Å². The van der Waals surface area contributed by atoms with Gasteiger partial charge in [-0.05, 0) is 18.3 Å². The summed E-state index contributed by atoms with van der Waals surface area (Å²) in [5.41, 5.74) is 0. The van der Waals surface area contributed by atoms with Gasteiger partial charge in [0.05, 0.1) is 0 Å². The second-order valence-corrected chi connectivity index (χ2v) is 21.7. The second kappa shape index (κ2) is 9.74. The van der Waals surface area contributed by atoms with E-state index in [-0.39, 0.29) is 8.31 Å². The van der Waals surface area contributed by atoms with Gasteiger partial charge in [-0.25, -0.2) is 0 Å². The fraction of sp³-hybridized carbons (Fsp3) is 1.00. The van der Waals surface area contributed by atoms with Crippen LogP contribution < -0.4 is 0 Å². The van der Waals surface area contributed by atoms with Crippen LogP contribution in [0.5, 0.6) is 0 Å². The molecule has 0 fully saturated rings. The highest BCUT2D eigenvalue weighted by Crippen LogP contribution is 2.08. The van der Waals surface area contributed by atoms with Crippen LogP contribution in [0.3, 0.4) is 0 Å². The maximum atomic E-state index is 2.60. The minimum Gasteiger partial charge on any atom is -0.0746 e. The molecule has 0 aromatic heterocycles. The van der Waals surface area contributed by atoms with Crippen molar-refractivity contribution >= 4 is 26.6 Å². The van der Waals surface area contributed by atoms with E-state index in [1.54, 1.807) is 22.2 Å². The van der Waals surface area contributed by atoms with Crippen molar-refractivity contribution in [1.82, 2.24) is 0 Å². The van der Waals surface area contributed by atoms with Crippen LogP contribution in [-0.4, -0.2) is 26.6 Å². The molecule has 0 rings (SSSR count). The van der Waals surface area contributed by atoms with E-state index < -0.39 is 0 Å². The lowest BCUT2D eigenvalue weighted by molar-refractivity contribution is 0.624. The Morgan fingerprint density at radius 1 is 1.08 bits per heavy atom. The Bertz CT molecular complexity index is 85.8. The van der Waals surface area contributed by atoms with Crippen molar-refractivity contribution in [2.24, 2.45) is 0 Å². The van der Waals surface area contributed by atoms with Crippen LogP contribution in [0, 0.1) is 0 Å². The van der Waals surface area contributed by atoms with Crippen LogP contribution in [0.25, 0.3) is 0 Å². The molecule has 0 aliphatic heterocycles. The van der Waals surface area contributed by atoms with Gasteiger partial charge in [0, 0.05) is 8.31 Å². The van der Waals surface area contributed by atoms with E-state index in [1.165, 1.54) is 32.1 Å². The number of unbranched alkanes of at least 4 members (excludes halogenated alkanes) is 5. The first-order chi connectivity index (χ1) is 5.81. The van der Waals surface area contributed by atoms with Crippen LogP contribution in [0.4, 0.5) is 0 Å². The van der Waals surface area contributed by atoms with Crippen molar-refractivity contribution in [1.29, 1.82) is 0 Å². The van der Waals surface area contributed by atoms with E-state index >= 15 is 0 Å². The molecule has 0 aromatic carbocycles. The molecule has 0 aliphatic carbocycles. The zero-order chi connectivity index (χ0) is 9.23. The summed E-state index contributed by atoms with van der Waals surface area (Å²) in [5, 5.41) is 0. The maximum absolute atomic E-state index is 2.60. The van der Waals surface area contributed by atoms with Crippen LogP contribution in [0.15, 0.2) is 0 Å². The van der Waals surface area contributed by atoms with Gasteiger partial charge in [-0.3, -0.25) is 0 Å². The molecule has 1 atom stereocenters. The Morgan fingerprint density at radius 2 is 1.67 bits per heavy atom. The number of hydrogen-bond acceptors (Lipinski definition) is 0. The largest absolute Gasteiger partial charge is 0.0746 e. The van der Waals surface area contributed by atoms with Gasteiger partial charge in [0.2, 0.25) is 0 Å². The topological polar surface area (TPSA) is 0 Å². The highest BCUT2D eigenvalue weighted by Gasteiger charge is 1.99. The van der Waals surface area contributed by atoms with E-state index in [0.717, 1.165) is 0 Å². The molecule has 0 amide bonds. The van der Waals surface area contributed by atoms with Crippen LogP contribution in [0.2, 0.25) is 12.6 Å². The molecule has 74 valence electrons. The zero-order valence-electron chi connectivity index (χ0n) is 9.23. The lowest BCUT2D eigenvalue weighted by Crippen LogP contribution is -2.17. The Hall–Kier alpha value is 0.651. The molecule has 12 heavy (non-hydrogen) atoms. The van der Waals surface area contributed by atoms with E-state index in [1.807, 2.05) is 0 Å². The standard InChI is InChI=1S/C9H26Si3/c1-3-4-5-6-7-8-9-12(2)11-10/h12H,3-9,11H2,1-2,10H3. The minimum absolute atomic E-state index is 0.0395. The summed E-state index contributed by atoms with van der Waals surface area (Å²) in [4.78, 5) is 0. The van der Waals surface area contributed by atoms with E-state index in [2.05, 4.69) is 13.5 Å². The van der Waals surface area contributed by atoms with Crippen molar-refractivity contribution in [3.05, 3.63) is 0 Å². The van der Waals surface area contributed by atoms with Crippen LogP contribution in [0.1, 0.15) is 45.4 Å². The monoisotopic (exact) mass is 218 g/mol. The molecule has 0 spiro atoms. The first-order valence-corrected chi connectivity index (χ1v) is 16.7. The summed E-state index contributed by atoms with van der Waals surface area (Å²) in [6.07, 6.45) is 8.96. The van der Waals surface area contributed by atoms with Gasteiger partial charge in [0.1, 0.15) is 0 Å². The third-order valence-corrected chi connectivity index (χ3v) is 23.5. The van der Waals surface area contributed by atoms with Crippen LogP contribution >= 0.6 is 0 Å². The molecule has 1 unspecified atom stereocenters. The molecule has 0 aliphatic rings. The first-order valence-electron chi connectivity index (χ1n) is 5.81. The van der Waals surface area contributed by atoms with Crippen molar-refractivity contribution in [3.8, 4) is 0 Å². The third-order valence-electron chi connectivity index (χ3n) is 2.75. The minimum atomic E-state index is -0.0395. The van der Waals surface area contributed by atoms with Gasteiger partial charge in [0.15, 0.2) is 0 Å². The predicted octanol–water partition coefficient (Wildman–Crippen LogP) is 1.15. The summed E-state index contributed by atoms with van der Waals surface area (Å²) in [5.74, 6) is 0. The summed E-state index contributed by atoms with van der Waals surface area (Å²) in [7, 11) is 2.13. The average Bonchev–Trinajstić information content (AvgIpc) is 2.10. The Morgan fingerprint density at radius 3 is 2.25 bits per heavy atom. The molecule has 0 aromatic rings. The molecule has 0 nitrogen and oxygen atoms in total. The maximum Gasteiger partial charge on any atom is 0.0176 e. The molecule has 0 saturated heterocycles. The van der Waals surface area contributed by atoms with Gasteiger partial charge >= 0.3 is 0 Å².